The van der Waals surface area contributed by atoms with Crippen molar-refractivity contribution in [3.8, 4) is 0 Å². The number of benzene rings is 1. The lowest BCUT2D eigenvalue weighted by molar-refractivity contribution is 1.03. The van der Waals surface area contributed by atoms with Crippen molar-refractivity contribution in [1.29, 1.82) is 0 Å². The lowest BCUT2D eigenvalue weighted by Gasteiger charge is -2.07. The molecule has 0 bridgehead atoms. The lowest BCUT2D eigenvalue weighted by Crippen LogP contribution is -2.29. The fourth-order valence-electron chi connectivity index (χ4n) is 1.09. The van der Waals surface area contributed by atoms with Crippen molar-refractivity contribution in [1.82, 2.24) is 20.6 Å². The maximum absolute atomic E-state index is 10.8. The van der Waals surface area contributed by atoms with E-state index in [1.807, 2.05) is 30.3 Å². The van der Waals surface area contributed by atoms with Crippen LogP contribution in [0, 0.1) is 0 Å². The first-order chi connectivity index (χ1) is 7.75. The predicted octanol–water partition coefficient (Wildman–Crippen LogP) is 0.390. The van der Waals surface area contributed by atoms with Crippen molar-refractivity contribution in [3.63, 3.8) is 0 Å². The molecule has 0 aliphatic carbocycles. The second-order valence-corrected chi connectivity index (χ2v) is 3.38. The van der Waals surface area contributed by atoms with Gasteiger partial charge in [-0.2, -0.15) is 0 Å². The average molecular weight is 235 g/mol. The minimum atomic E-state index is -0.390. The Morgan fingerprint density at radius 3 is 2.69 bits per heavy atom. The summed E-state index contributed by atoms with van der Waals surface area (Å²) in [6, 6.07) is 9.45. The summed E-state index contributed by atoms with van der Waals surface area (Å²) in [6.07, 6.45) is 0. The van der Waals surface area contributed by atoms with Crippen LogP contribution in [0.25, 0.3) is 0 Å². The molecule has 0 aliphatic rings. The van der Waals surface area contributed by atoms with Crippen molar-refractivity contribution < 1.29 is 0 Å². The monoisotopic (exact) mass is 235 g/mol. The van der Waals surface area contributed by atoms with Gasteiger partial charge in [-0.15, -0.1) is 5.10 Å². The largest absolute Gasteiger partial charge is 0.340 e. The van der Waals surface area contributed by atoms with Crippen LogP contribution in [0.15, 0.2) is 35.1 Å². The summed E-state index contributed by atoms with van der Waals surface area (Å²) < 4.78 is 0. The van der Waals surface area contributed by atoms with E-state index in [-0.39, 0.29) is 5.69 Å². The van der Waals surface area contributed by atoms with Crippen LogP contribution in [0.3, 0.4) is 0 Å². The van der Waals surface area contributed by atoms with Crippen LogP contribution in [0.1, 0.15) is 5.82 Å². The zero-order chi connectivity index (χ0) is 11.4. The van der Waals surface area contributed by atoms with E-state index in [1.54, 1.807) is 0 Å². The van der Waals surface area contributed by atoms with Crippen LogP contribution < -0.4 is 16.5 Å². The van der Waals surface area contributed by atoms with Gasteiger partial charge in [-0.05, 0) is 12.1 Å². The van der Waals surface area contributed by atoms with Gasteiger partial charge in [0.2, 0.25) is 0 Å². The van der Waals surface area contributed by atoms with Crippen LogP contribution in [-0.4, -0.2) is 20.2 Å². The summed E-state index contributed by atoms with van der Waals surface area (Å²) in [5.74, 6) is 0.295. The molecule has 0 saturated heterocycles. The molecule has 7 heteroatoms. The number of thiocarbonyl (C=S) groups is 1. The number of nitrogens with one attached hydrogen (secondary N) is 4. The highest BCUT2D eigenvalue weighted by atomic mass is 32.1. The van der Waals surface area contributed by atoms with Crippen molar-refractivity contribution in [2.75, 3.05) is 5.43 Å². The Labute approximate surface area is 96.1 Å². The molecule has 0 radical (unpaired) electrons. The number of aromatic nitrogens is 3. The van der Waals surface area contributed by atoms with Gasteiger partial charge < -0.3 is 5.43 Å². The number of aromatic amines is 2. The lowest BCUT2D eigenvalue weighted by atomic mass is 10.3. The zero-order valence-corrected chi connectivity index (χ0v) is 8.97. The molecule has 0 atom stereocenters. The molecule has 1 aromatic carbocycles. The van der Waals surface area contributed by atoms with Gasteiger partial charge in [0, 0.05) is 0 Å². The summed E-state index contributed by atoms with van der Waals surface area (Å²) >= 11 is 5.01. The normalized spacial score (nSPS) is 9.75. The molecule has 0 unspecified atom stereocenters. The Balaban J connectivity index is 1.97. The molecule has 4 N–H and O–H groups in total. The maximum atomic E-state index is 10.8. The number of rotatable bonds is 3. The van der Waals surface area contributed by atoms with E-state index in [9.17, 15) is 4.79 Å². The standard InChI is InChI=1S/C9H9N5OS/c15-9-10-7(12-14-9)8(16)13-11-6-4-2-1-3-5-6/h1-5,11H,(H,13,16)(H2,10,12,14,15). The van der Waals surface area contributed by atoms with Gasteiger partial charge in [0.1, 0.15) is 0 Å². The van der Waals surface area contributed by atoms with Crippen molar-refractivity contribution in [2.45, 2.75) is 0 Å². The maximum Gasteiger partial charge on any atom is 0.340 e. The van der Waals surface area contributed by atoms with Crippen LogP contribution in [-0.2, 0) is 0 Å². The highest BCUT2D eigenvalue weighted by Crippen LogP contribution is 2.02. The summed E-state index contributed by atoms with van der Waals surface area (Å²) in [4.78, 5) is 13.5. The number of hydrazine groups is 1. The third-order valence-electron chi connectivity index (χ3n) is 1.81. The molecule has 0 aliphatic heterocycles. The van der Waals surface area contributed by atoms with E-state index < -0.39 is 0 Å². The molecular formula is C9H9N5OS. The molecule has 0 saturated carbocycles. The quantitative estimate of drug-likeness (QED) is 0.457. The molecule has 0 amide bonds. The van der Waals surface area contributed by atoms with Gasteiger partial charge in [-0.1, -0.05) is 30.4 Å². The van der Waals surface area contributed by atoms with Crippen molar-refractivity contribution in [2.24, 2.45) is 0 Å². The van der Waals surface area contributed by atoms with Gasteiger partial charge in [-0.25, -0.2) is 9.89 Å². The SMILES string of the molecule is O=c1[nH]nc(C(=S)NNc2ccccc2)[nH]1. The number of H-pyrrole nitrogens is 2. The third-order valence-corrected chi connectivity index (χ3v) is 2.11. The fourth-order valence-corrected chi connectivity index (χ4v) is 1.23. The second-order valence-electron chi connectivity index (χ2n) is 2.97. The molecule has 1 aromatic heterocycles. The summed E-state index contributed by atoms with van der Waals surface area (Å²) in [5.41, 5.74) is 6.12. The van der Waals surface area contributed by atoms with E-state index in [2.05, 4.69) is 26.0 Å². The first-order valence-corrected chi connectivity index (χ1v) is 4.92. The third kappa shape index (κ3) is 2.45. The van der Waals surface area contributed by atoms with Gasteiger partial charge in [0.05, 0.1) is 5.69 Å². The topological polar surface area (TPSA) is 85.6 Å². The van der Waals surface area contributed by atoms with E-state index in [4.69, 9.17) is 12.2 Å². The molecule has 0 spiro atoms. The van der Waals surface area contributed by atoms with E-state index in [0.29, 0.717) is 10.8 Å². The molecule has 2 aromatic rings. The van der Waals surface area contributed by atoms with Crippen molar-refractivity contribution >= 4 is 22.9 Å². The van der Waals surface area contributed by atoms with Crippen LogP contribution in [0.5, 0.6) is 0 Å². The molecule has 0 fully saturated rings. The average Bonchev–Trinajstić information content (AvgIpc) is 2.74. The number of hydrogen-bond donors (Lipinski definition) is 4. The Morgan fingerprint density at radius 1 is 1.31 bits per heavy atom. The van der Waals surface area contributed by atoms with Crippen molar-refractivity contribution in [3.05, 3.63) is 46.6 Å². The molecule has 82 valence electrons. The zero-order valence-electron chi connectivity index (χ0n) is 8.15. The first kappa shape index (κ1) is 10.4. The minimum absolute atomic E-state index is 0.295. The van der Waals surface area contributed by atoms with E-state index in [1.165, 1.54) is 0 Å². The van der Waals surface area contributed by atoms with Gasteiger partial charge in [-0.3, -0.25) is 10.4 Å². The van der Waals surface area contributed by atoms with E-state index in [0.717, 1.165) is 5.69 Å². The Bertz CT molecular complexity index is 532. The minimum Gasteiger partial charge on any atom is -0.300 e. The number of para-hydroxylation sites is 1. The highest BCUT2D eigenvalue weighted by molar-refractivity contribution is 7.80. The predicted molar refractivity (Wildman–Crippen MR) is 64.1 cm³/mol. The molecular weight excluding hydrogens is 226 g/mol. The smallest absolute Gasteiger partial charge is 0.300 e. The summed E-state index contributed by atoms with van der Waals surface area (Å²) in [7, 11) is 0. The van der Waals surface area contributed by atoms with Crippen LogP contribution >= 0.6 is 12.2 Å². The Morgan fingerprint density at radius 2 is 2.06 bits per heavy atom. The highest BCUT2D eigenvalue weighted by Gasteiger charge is 2.04. The number of hydrogen-bond acceptors (Lipinski definition) is 4. The van der Waals surface area contributed by atoms with Crippen LogP contribution in [0.4, 0.5) is 5.69 Å². The molecule has 1 heterocycles. The molecule has 2 rings (SSSR count). The van der Waals surface area contributed by atoms with Crippen LogP contribution in [0.2, 0.25) is 0 Å². The van der Waals surface area contributed by atoms with E-state index >= 15 is 0 Å². The number of nitrogens with zero attached hydrogens (tertiary/aromatic N) is 1. The van der Waals surface area contributed by atoms with Gasteiger partial charge in [0.25, 0.3) is 0 Å². The Kier molecular flexibility index (Phi) is 2.97. The van der Waals surface area contributed by atoms with Gasteiger partial charge >= 0.3 is 5.69 Å². The summed E-state index contributed by atoms with van der Waals surface area (Å²) in [6.45, 7) is 0. The fraction of sp³-hybridized carbons (Fsp3) is 0. The summed E-state index contributed by atoms with van der Waals surface area (Å²) in [5, 5.41) is 5.92. The second kappa shape index (κ2) is 4.58. The molecule has 16 heavy (non-hydrogen) atoms. The first-order valence-electron chi connectivity index (χ1n) is 4.52. The molecule has 6 nitrogen and oxygen atoms in total. The Hall–Kier alpha value is -2.15. The van der Waals surface area contributed by atoms with Gasteiger partial charge in [0.15, 0.2) is 10.8 Å². The number of anilines is 1.